The third-order valence-electron chi connectivity index (χ3n) is 3.05. The summed E-state index contributed by atoms with van der Waals surface area (Å²) in [5.74, 6) is -1.56. The lowest BCUT2D eigenvalue weighted by molar-refractivity contribution is -0.154. The number of amides is 1. The highest BCUT2D eigenvalue weighted by atomic mass is 32.1. The van der Waals surface area contributed by atoms with Crippen molar-refractivity contribution in [2.45, 2.75) is 20.3 Å². The van der Waals surface area contributed by atoms with Gasteiger partial charge in [0, 0.05) is 23.9 Å². The quantitative estimate of drug-likeness (QED) is 0.679. The fourth-order valence-electron chi connectivity index (χ4n) is 1.93. The van der Waals surface area contributed by atoms with Crippen LogP contribution in [0, 0.1) is 6.92 Å². The summed E-state index contributed by atoms with van der Waals surface area (Å²) in [6.07, 6.45) is 0.577. The van der Waals surface area contributed by atoms with Crippen molar-refractivity contribution in [2.75, 3.05) is 13.2 Å². The number of thiazole rings is 1. The summed E-state index contributed by atoms with van der Waals surface area (Å²) in [6, 6.07) is 8.08. The van der Waals surface area contributed by atoms with E-state index in [1.807, 2.05) is 23.6 Å². The molecule has 1 N–H and O–H groups in total. The van der Waals surface area contributed by atoms with Crippen molar-refractivity contribution < 1.29 is 14.3 Å². The Morgan fingerprint density at radius 1 is 1.32 bits per heavy atom. The fraction of sp³-hybridized carbons (Fsp3) is 0.312. The summed E-state index contributed by atoms with van der Waals surface area (Å²) in [6.45, 7) is 4.26. The number of aromatic nitrogens is 1. The Balaban J connectivity index is 1.89. The zero-order chi connectivity index (χ0) is 15.9. The Kier molecular flexibility index (Phi) is 5.66. The van der Waals surface area contributed by atoms with Crippen molar-refractivity contribution in [3.05, 3.63) is 40.9 Å². The molecule has 0 aliphatic heterocycles. The lowest BCUT2D eigenvalue weighted by atomic mass is 10.1. The number of ether oxygens (including phenoxy) is 1. The van der Waals surface area contributed by atoms with Gasteiger partial charge in [-0.25, -0.2) is 9.78 Å². The third-order valence-corrected chi connectivity index (χ3v) is 3.98. The molecule has 1 heterocycles. The Morgan fingerprint density at radius 2 is 2.09 bits per heavy atom. The first-order chi connectivity index (χ1) is 10.6. The van der Waals surface area contributed by atoms with Gasteiger partial charge < -0.3 is 10.1 Å². The Bertz CT molecular complexity index is 667. The van der Waals surface area contributed by atoms with Crippen LogP contribution < -0.4 is 5.32 Å². The normalized spacial score (nSPS) is 10.3. The highest BCUT2D eigenvalue weighted by molar-refractivity contribution is 7.13. The second-order valence-corrected chi connectivity index (χ2v) is 5.54. The Labute approximate surface area is 133 Å². The number of rotatable bonds is 5. The first-order valence-electron chi connectivity index (χ1n) is 7.07. The van der Waals surface area contributed by atoms with E-state index in [-0.39, 0.29) is 6.61 Å². The first-order valence-corrected chi connectivity index (χ1v) is 7.95. The molecular weight excluding hydrogens is 300 g/mol. The van der Waals surface area contributed by atoms with E-state index in [2.05, 4.69) is 28.0 Å². The van der Waals surface area contributed by atoms with Crippen molar-refractivity contribution in [3.63, 3.8) is 0 Å². The van der Waals surface area contributed by atoms with Gasteiger partial charge >= 0.3 is 11.9 Å². The number of nitrogens with one attached hydrogen (secondary N) is 1. The smallest absolute Gasteiger partial charge is 0.396 e. The molecule has 0 aliphatic carbocycles. The summed E-state index contributed by atoms with van der Waals surface area (Å²) in [7, 11) is 0. The second kappa shape index (κ2) is 7.70. The number of aryl methyl sites for hydroxylation is 1. The highest BCUT2D eigenvalue weighted by Crippen LogP contribution is 2.26. The van der Waals surface area contributed by atoms with Gasteiger partial charge in [0.15, 0.2) is 0 Å². The van der Waals surface area contributed by atoms with Crippen molar-refractivity contribution in [3.8, 4) is 10.6 Å². The Morgan fingerprint density at radius 3 is 2.82 bits per heavy atom. The van der Waals surface area contributed by atoms with E-state index in [1.54, 1.807) is 18.3 Å². The van der Waals surface area contributed by atoms with Crippen molar-refractivity contribution >= 4 is 23.2 Å². The molecule has 0 atom stereocenters. The summed E-state index contributed by atoms with van der Waals surface area (Å²) >= 11 is 1.57. The van der Waals surface area contributed by atoms with Crippen LogP contribution in [-0.4, -0.2) is 30.0 Å². The molecule has 22 heavy (non-hydrogen) atoms. The zero-order valence-electron chi connectivity index (χ0n) is 12.6. The molecule has 116 valence electrons. The molecular formula is C16H18N2O3S. The van der Waals surface area contributed by atoms with Crippen molar-refractivity contribution in [1.29, 1.82) is 0 Å². The standard InChI is InChI=1S/C16H18N2O3S/c1-3-21-16(20)14(19)17-9-8-12-10-22-15(18-12)13-7-5-4-6-11(13)2/h4-7,10H,3,8-9H2,1-2H3,(H,17,19). The Hall–Kier alpha value is -2.21. The zero-order valence-corrected chi connectivity index (χ0v) is 13.4. The van der Waals surface area contributed by atoms with Gasteiger partial charge in [-0.2, -0.15) is 0 Å². The molecule has 1 aromatic heterocycles. The van der Waals surface area contributed by atoms with Crippen LogP contribution in [0.5, 0.6) is 0 Å². The van der Waals surface area contributed by atoms with E-state index in [0.717, 1.165) is 16.3 Å². The van der Waals surface area contributed by atoms with Crippen molar-refractivity contribution in [2.24, 2.45) is 0 Å². The molecule has 0 radical (unpaired) electrons. The van der Waals surface area contributed by atoms with E-state index < -0.39 is 11.9 Å². The van der Waals surface area contributed by atoms with Gasteiger partial charge in [-0.05, 0) is 19.4 Å². The average molecular weight is 318 g/mol. The summed E-state index contributed by atoms with van der Waals surface area (Å²) in [5, 5.41) is 5.46. The minimum Gasteiger partial charge on any atom is -0.459 e. The molecule has 1 aromatic carbocycles. The lowest BCUT2D eigenvalue weighted by Crippen LogP contribution is -2.33. The number of nitrogens with zero attached hydrogens (tertiary/aromatic N) is 1. The molecule has 2 aromatic rings. The number of carbonyl (C=O) groups excluding carboxylic acids is 2. The maximum atomic E-state index is 11.4. The molecule has 0 aliphatic rings. The van der Waals surface area contributed by atoms with Gasteiger partial charge in [0.1, 0.15) is 5.01 Å². The maximum absolute atomic E-state index is 11.4. The largest absolute Gasteiger partial charge is 0.459 e. The summed E-state index contributed by atoms with van der Waals surface area (Å²) < 4.78 is 4.62. The molecule has 0 spiro atoms. The van der Waals surface area contributed by atoms with E-state index in [4.69, 9.17) is 0 Å². The SMILES string of the molecule is CCOC(=O)C(=O)NCCc1csc(-c2ccccc2C)n1. The summed E-state index contributed by atoms with van der Waals surface area (Å²) in [4.78, 5) is 27.1. The van der Waals surface area contributed by atoms with Crippen molar-refractivity contribution in [1.82, 2.24) is 10.3 Å². The number of carbonyl (C=O) groups is 2. The predicted octanol–water partition coefficient (Wildman–Crippen LogP) is 2.34. The van der Waals surface area contributed by atoms with Crippen LogP contribution >= 0.6 is 11.3 Å². The van der Waals surface area contributed by atoms with Gasteiger partial charge in [0.25, 0.3) is 0 Å². The molecule has 2 rings (SSSR count). The highest BCUT2D eigenvalue weighted by Gasteiger charge is 2.14. The van der Waals surface area contributed by atoms with Crippen LogP contribution in [0.1, 0.15) is 18.2 Å². The molecule has 0 unspecified atom stereocenters. The van der Waals surface area contributed by atoms with E-state index >= 15 is 0 Å². The molecule has 0 fully saturated rings. The molecule has 6 heteroatoms. The minimum atomic E-state index is -0.846. The number of hydrogen-bond acceptors (Lipinski definition) is 5. The van der Waals surface area contributed by atoms with Gasteiger partial charge in [-0.15, -0.1) is 11.3 Å². The predicted molar refractivity (Wildman–Crippen MR) is 85.6 cm³/mol. The van der Waals surface area contributed by atoms with Gasteiger partial charge in [-0.3, -0.25) is 4.79 Å². The fourth-order valence-corrected chi connectivity index (χ4v) is 2.88. The van der Waals surface area contributed by atoms with Crippen LogP contribution in [0.15, 0.2) is 29.6 Å². The molecule has 0 bridgehead atoms. The lowest BCUT2D eigenvalue weighted by Gasteiger charge is -2.03. The van der Waals surface area contributed by atoms with Crippen LogP contribution in [0.4, 0.5) is 0 Å². The monoisotopic (exact) mass is 318 g/mol. The third kappa shape index (κ3) is 4.14. The summed E-state index contributed by atoms with van der Waals surface area (Å²) in [5.41, 5.74) is 3.20. The number of esters is 1. The van der Waals surface area contributed by atoms with E-state index in [9.17, 15) is 9.59 Å². The molecule has 0 saturated carbocycles. The van der Waals surface area contributed by atoms with E-state index in [1.165, 1.54) is 5.56 Å². The topological polar surface area (TPSA) is 68.3 Å². The first kappa shape index (κ1) is 16.2. The van der Waals surface area contributed by atoms with Gasteiger partial charge in [0.05, 0.1) is 12.3 Å². The van der Waals surface area contributed by atoms with Crippen LogP contribution in [0.3, 0.4) is 0 Å². The molecule has 5 nitrogen and oxygen atoms in total. The second-order valence-electron chi connectivity index (χ2n) is 4.69. The average Bonchev–Trinajstić information content (AvgIpc) is 2.96. The number of hydrogen-bond donors (Lipinski definition) is 1. The molecule has 1 amide bonds. The van der Waals surface area contributed by atoms with Crippen LogP contribution in [0.2, 0.25) is 0 Å². The van der Waals surface area contributed by atoms with Crippen LogP contribution in [-0.2, 0) is 20.7 Å². The molecule has 0 saturated heterocycles. The van der Waals surface area contributed by atoms with E-state index in [0.29, 0.717) is 13.0 Å². The maximum Gasteiger partial charge on any atom is 0.396 e. The van der Waals surface area contributed by atoms with Crippen LogP contribution in [0.25, 0.3) is 10.6 Å². The number of benzene rings is 1. The minimum absolute atomic E-state index is 0.193. The van der Waals surface area contributed by atoms with Gasteiger partial charge in [-0.1, -0.05) is 24.3 Å². The van der Waals surface area contributed by atoms with Gasteiger partial charge in [0.2, 0.25) is 0 Å².